The van der Waals surface area contributed by atoms with E-state index in [9.17, 15) is 5.11 Å². The van der Waals surface area contributed by atoms with Crippen LogP contribution in [0.4, 0.5) is 0 Å². The summed E-state index contributed by atoms with van der Waals surface area (Å²) < 4.78 is 0. The average molecular weight is 278 g/mol. The van der Waals surface area contributed by atoms with Gasteiger partial charge in [0.15, 0.2) is 0 Å². The third-order valence-corrected chi connectivity index (χ3v) is 3.89. The minimum absolute atomic E-state index is 0.0588. The van der Waals surface area contributed by atoms with E-state index in [2.05, 4.69) is 30.3 Å². The number of fused-ring (bicyclic) bond motifs is 3. The quantitative estimate of drug-likeness (QED) is 0.705. The minimum Gasteiger partial charge on any atom is -0.508 e. The maximum Gasteiger partial charge on any atom is 0.118 e. The molecule has 21 heavy (non-hydrogen) atoms. The molecule has 2 aromatic rings. The third kappa shape index (κ3) is 2.50. The zero-order valence-corrected chi connectivity index (χ0v) is 12.0. The Labute approximate surface area is 124 Å². The van der Waals surface area contributed by atoms with Crippen molar-refractivity contribution in [3.8, 4) is 11.1 Å². The molecule has 0 aliphatic heterocycles. The number of allylic oxidation sites excluding steroid dienone is 1. The summed E-state index contributed by atoms with van der Waals surface area (Å²) in [4.78, 5) is 0. The van der Waals surface area contributed by atoms with Crippen LogP contribution in [-0.2, 0) is 6.42 Å². The van der Waals surface area contributed by atoms with Crippen LogP contribution in [0.25, 0.3) is 23.0 Å². The van der Waals surface area contributed by atoms with Gasteiger partial charge in [0.1, 0.15) is 5.76 Å². The van der Waals surface area contributed by atoms with E-state index in [-0.39, 0.29) is 6.61 Å². The molecule has 0 atom stereocenters. The van der Waals surface area contributed by atoms with Crippen LogP contribution in [0.1, 0.15) is 29.2 Å². The predicted molar refractivity (Wildman–Crippen MR) is 87.1 cm³/mol. The zero-order valence-electron chi connectivity index (χ0n) is 12.0. The first-order valence-corrected chi connectivity index (χ1v) is 7.12. The van der Waals surface area contributed by atoms with Gasteiger partial charge in [0.25, 0.3) is 0 Å². The zero-order chi connectivity index (χ0) is 14.8. The fraction of sp³-hybridized carbons (Fsp3) is 0.158. The van der Waals surface area contributed by atoms with E-state index in [4.69, 9.17) is 5.11 Å². The van der Waals surface area contributed by atoms with Gasteiger partial charge in [0.05, 0.1) is 6.61 Å². The Kier molecular flexibility index (Phi) is 3.63. The summed E-state index contributed by atoms with van der Waals surface area (Å²) in [5.41, 5.74) is 7.02. The van der Waals surface area contributed by atoms with Crippen LogP contribution in [-0.4, -0.2) is 16.8 Å². The van der Waals surface area contributed by atoms with Crippen molar-refractivity contribution in [1.29, 1.82) is 0 Å². The molecule has 0 heterocycles. The van der Waals surface area contributed by atoms with Crippen molar-refractivity contribution >= 4 is 11.8 Å². The van der Waals surface area contributed by atoms with Crippen molar-refractivity contribution in [2.45, 2.75) is 13.3 Å². The standard InChI is InChI=1S/C19H18O2/c1-2-19(21)14-6-8-18-16(11-14)12-15-10-13(4-3-9-20)5-7-17(15)18/h2-8,10-11,20-21H,9,12H2,1H3. The van der Waals surface area contributed by atoms with E-state index < -0.39 is 0 Å². The molecule has 0 saturated heterocycles. The SMILES string of the molecule is CC=C(O)c1ccc2c(c1)Cc1cc(C=CCO)ccc1-2. The van der Waals surface area contributed by atoms with E-state index in [1.54, 1.807) is 12.2 Å². The maximum absolute atomic E-state index is 9.85. The number of hydrogen-bond donors (Lipinski definition) is 2. The Bertz CT molecular complexity index is 739. The lowest BCUT2D eigenvalue weighted by Gasteiger charge is -2.04. The molecule has 0 fully saturated rings. The van der Waals surface area contributed by atoms with Gasteiger partial charge in [-0.3, -0.25) is 0 Å². The van der Waals surface area contributed by atoms with Crippen molar-refractivity contribution in [3.63, 3.8) is 0 Å². The van der Waals surface area contributed by atoms with Crippen LogP contribution in [0.3, 0.4) is 0 Å². The molecule has 2 heteroatoms. The lowest BCUT2D eigenvalue weighted by Crippen LogP contribution is -1.86. The second-order valence-corrected chi connectivity index (χ2v) is 5.22. The first-order chi connectivity index (χ1) is 10.2. The van der Waals surface area contributed by atoms with Crippen molar-refractivity contribution in [1.82, 2.24) is 0 Å². The summed E-state index contributed by atoms with van der Waals surface area (Å²) in [6.07, 6.45) is 6.27. The van der Waals surface area contributed by atoms with Gasteiger partial charge in [-0.05, 0) is 53.3 Å². The maximum atomic E-state index is 9.85. The normalized spacial score (nSPS) is 13.5. The summed E-state index contributed by atoms with van der Waals surface area (Å²) in [5, 5.41) is 18.7. The Hall–Kier alpha value is -2.32. The second-order valence-electron chi connectivity index (χ2n) is 5.22. The Morgan fingerprint density at radius 3 is 2.52 bits per heavy atom. The molecule has 2 N–H and O–H groups in total. The van der Waals surface area contributed by atoms with Gasteiger partial charge >= 0.3 is 0 Å². The number of aliphatic hydroxyl groups is 2. The van der Waals surface area contributed by atoms with E-state index in [0.717, 1.165) is 17.5 Å². The predicted octanol–water partition coefficient (Wildman–Crippen LogP) is 4.18. The molecule has 2 aromatic carbocycles. The number of rotatable bonds is 3. The molecule has 106 valence electrons. The molecule has 0 unspecified atom stereocenters. The van der Waals surface area contributed by atoms with Crippen molar-refractivity contribution in [2.24, 2.45) is 0 Å². The highest BCUT2D eigenvalue weighted by atomic mass is 16.3. The van der Waals surface area contributed by atoms with E-state index >= 15 is 0 Å². The van der Waals surface area contributed by atoms with Gasteiger partial charge in [0.2, 0.25) is 0 Å². The fourth-order valence-corrected chi connectivity index (χ4v) is 2.85. The second kappa shape index (κ2) is 5.58. The van der Waals surface area contributed by atoms with Crippen LogP contribution in [0.2, 0.25) is 0 Å². The van der Waals surface area contributed by atoms with Gasteiger partial charge in [-0.1, -0.05) is 42.5 Å². The molecule has 1 aliphatic rings. The smallest absolute Gasteiger partial charge is 0.118 e. The van der Waals surface area contributed by atoms with Gasteiger partial charge in [0, 0.05) is 5.56 Å². The molecule has 3 rings (SSSR count). The molecule has 0 saturated carbocycles. The van der Waals surface area contributed by atoms with Gasteiger partial charge in [-0.15, -0.1) is 0 Å². The number of hydrogen-bond acceptors (Lipinski definition) is 2. The molecule has 0 amide bonds. The summed E-state index contributed by atoms with van der Waals surface area (Å²) in [6.45, 7) is 1.89. The van der Waals surface area contributed by atoms with E-state index in [1.165, 1.54) is 22.3 Å². The van der Waals surface area contributed by atoms with E-state index in [1.807, 2.05) is 19.1 Å². The van der Waals surface area contributed by atoms with Crippen LogP contribution in [0, 0.1) is 0 Å². The monoisotopic (exact) mass is 278 g/mol. The summed E-state index contributed by atoms with van der Waals surface area (Å²) in [6, 6.07) is 12.5. The van der Waals surface area contributed by atoms with Crippen LogP contribution in [0.5, 0.6) is 0 Å². The molecule has 1 aliphatic carbocycles. The van der Waals surface area contributed by atoms with Crippen LogP contribution < -0.4 is 0 Å². The minimum atomic E-state index is 0.0588. The summed E-state index contributed by atoms with van der Waals surface area (Å²) in [5.74, 6) is 0.320. The summed E-state index contributed by atoms with van der Waals surface area (Å²) in [7, 11) is 0. The Morgan fingerprint density at radius 1 is 1.10 bits per heavy atom. The van der Waals surface area contributed by atoms with Crippen LogP contribution >= 0.6 is 0 Å². The van der Waals surface area contributed by atoms with Crippen LogP contribution in [0.15, 0.2) is 48.6 Å². The molecule has 0 aromatic heterocycles. The largest absolute Gasteiger partial charge is 0.508 e. The van der Waals surface area contributed by atoms with Crippen molar-refractivity contribution in [3.05, 3.63) is 70.8 Å². The molecule has 0 spiro atoms. The molecule has 0 radical (unpaired) electrons. The highest BCUT2D eigenvalue weighted by Crippen LogP contribution is 2.38. The lowest BCUT2D eigenvalue weighted by molar-refractivity contribution is 0.343. The van der Waals surface area contributed by atoms with Gasteiger partial charge < -0.3 is 10.2 Å². The summed E-state index contributed by atoms with van der Waals surface area (Å²) >= 11 is 0. The topological polar surface area (TPSA) is 40.5 Å². The average Bonchev–Trinajstić information content (AvgIpc) is 2.88. The lowest BCUT2D eigenvalue weighted by atomic mass is 10.0. The first kappa shape index (κ1) is 13.7. The number of aliphatic hydroxyl groups excluding tert-OH is 2. The molecular weight excluding hydrogens is 260 g/mol. The van der Waals surface area contributed by atoms with Gasteiger partial charge in [-0.25, -0.2) is 0 Å². The first-order valence-electron chi connectivity index (χ1n) is 7.12. The van der Waals surface area contributed by atoms with Crippen molar-refractivity contribution < 1.29 is 10.2 Å². The number of benzene rings is 2. The molecule has 0 bridgehead atoms. The molecule has 2 nitrogen and oxygen atoms in total. The van der Waals surface area contributed by atoms with Gasteiger partial charge in [-0.2, -0.15) is 0 Å². The fourth-order valence-electron chi connectivity index (χ4n) is 2.85. The third-order valence-electron chi connectivity index (χ3n) is 3.89. The highest BCUT2D eigenvalue weighted by molar-refractivity contribution is 5.79. The van der Waals surface area contributed by atoms with E-state index in [0.29, 0.717) is 5.76 Å². The highest BCUT2D eigenvalue weighted by Gasteiger charge is 2.19. The van der Waals surface area contributed by atoms with Crippen molar-refractivity contribution in [2.75, 3.05) is 6.61 Å². The molecular formula is C19H18O2. The Balaban J connectivity index is 1.99. The Morgan fingerprint density at radius 2 is 1.81 bits per heavy atom.